The first-order valence-corrected chi connectivity index (χ1v) is 4.97. The number of carbonyl (C=O) groups is 1. The molecule has 0 aliphatic carbocycles. The van der Waals surface area contributed by atoms with Gasteiger partial charge in [0.05, 0.1) is 30.8 Å². The lowest BCUT2D eigenvalue weighted by Crippen LogP contribution is -2.59. The molecular formula is C10H19NO3. The molecule has 1 aliphatic heterocycles. The van der Waals surface area contributed by atoms with E-state index in [1.54, 1.807) is 13.8 Å². The second-order valence-electron chi connectivity index (χ2n) is 4.62. The number of ether oxygens (including phenoxy) is 1. The molecule has 4 nitrogen and oxygen atoms in total. The molecule has 0 aromatic heterocycles. The lowest BCUT2D eigenvalue weighted by atomic mass is 9.81. The summed E-state index contributed by atoms with van der Waals surface area (Å²) in [4.78, 5) is 11.9. The summed E-state index contributed by atoms with van der Waals surface area (Å²) < 4.78 is 5.08. The highest BCUT2D eigenvalue weighted by molar-refractivity contribution is 5.84. The molecule has 1 aliphatic rings. The number of aliphatic hydroxyl groups is 1. The average molecular weight is 201 g/mol. The van der Waals surface area contributed by atoms with Crippen LogP contribution in [-0.4, -0.2) is 36.4 Å². The molecule has 0 atom stereocenters. The van der Waals surface area contributed by atoms with Crippen LogP contribution in [0.5, 0.6) is 0 Å². The van der Waals surface area contributed by atoms with Gasteiger partial charge in [-0.15, -0.1) is 0 Å². The van der Waals surface area contributed by atoms with E-state index in [9.17, 15) is 4.79 Å². The third-order valence-corrected chi connectivity index (χ3v) is 2.76. The summed E-state index contributed by atoms with van der Waals surface area (Å²) in [5.74, 6) is -0.00898. The highest BCUT2D eigenvalue weighted by Gasteiger charge is 2.45. The Morgan fingerprint density at radius 2 is 2.14 bits per heavy atom. The Hall–Kier alpha value is -0.610. The highest BCUT2D eigenvalue weighted by atomic mass is 16.5. The number of amides is 1. The Bertz CT molecular complexity index is 216. The fraction of sp³-hybridized carbons (Fsp3) is 0.900. The molecule has 0 saturated carbocycles. The van der Waals surface area contributed by atoms with Crippen LogP contribution in [0.25, 0.3) is 0 Å². The molecule has 0 aromatic carbocycles. The van der Waals surface area contributed by atoms with E-state index in [1.807, 2.05) is 6.92 Å². The van der Waals surface area contributed by atoms with Crippen LogP contribution in [0.3, 0.4) is 0 Å². The van der Waals surface area contributed by atoms with E-state index in [2.05, 4.69) is 5.32 Å². The molecule has 1 fully saturated rings. The van der Waals surface area contributed by atoms with Crippen molar-refractivity contribution in [2.75, 3.05) is 19.8 Å². The predicted octanol–water partition coefficient (Wildman–Crippen LogP) is 0.300. The maximum Gasteiger partial charge on any atom is 0.231 e. The van der Waals surface area contributed by atoms with E-state index >= 15 is 0 Å². The van der Waals surface area contributed by atoms with Crippen LogP contribution < -0.4 is 5.32 Å². The second-order valence-corrected chi connectivity index (χ2v) is 4.62. The van der Waals surface area contributed by atoms with Crippen LogP contribution in [0.2, 0.25) is 0 Å². The Kier molecular flexibility index (Phi) is 3.17. The summed E-state index contributed by atoms with van der Waals surface area (Å²) >= 11 is 0. The smallest absolute Gasteiger partial charge is 0.231 e. The zero-order valence-corrected chi connectivity index (χ0v) is 9.09. The summed E-state index contributed by atoms with van der Waals surface area (Å²) in [6.45, 7) is 6.52. The number of hydrogen-bond acceptors (Lipinski definition) is 3. The highest BCUT2D eigenvalue weighted by Crippen LogP contribution is 2.31. The van der Waals surface area contributed by atoms with Gasteiger partial charge in [0, 0.05) is 0 Å². The molecule has 0 aromatic rings. The van der Waals surface area contributed by atoms with Crippen molar-refractivity contribution in [1.82, 2.24) is 5.32 Å². The van der Waals surface area contributed by atoms with E-state index in [1.165, 1.54) is 0 Å². The number of nitrogens with one attached hydrogen (secondary N) is 1. The summed E-state index contributed by atoms with van der Waals surface area (Å²) in [5, 5.41) is 11.9. The Morgan fingerprint density at radius 1 is 1.57 bits per heavy atom. The van der Waals surface area contributed by atoms with E-state index in [0.717, 1.165) is 6.42 Å². The fourth-order valence-electron chi connectivity index (χ4n) is 1.32. The van der Waals surface area contributed by atoms with E-state index in [0.29, 0.717) is 13.2 Å². The van der Waals surface area contributed by atoms with Crippen molar-refractivity contribution in [3.8, 4) is 0 Å². The molecule has 1 amide bonds. The van der Waals surface area contributed by atoms with Gasteiger partial charge >= 0.3 is 0 Å². The van der Waals surface area contributed by atoms with Crippen molar-refractivity contribution in [1.29, 1.82) is 0 Å². The lowest BCUT2D eigenvalue weighted by Gasteiger charge is -2.41. The molecule has 0 radical (unpaired) electrons. The molecule has 0 spiro atoms. The summed E-state index contributed by atoms with van der Waals surface area (Å²) in [5.41, 5.74) is -0.902. The minimum absolute atomic E-state index is 0.00898. The van der Waals surface area contributed by atoms with E-state index in [4.69, 9.17) is 9.84 Å². The van der Waals surface area contributed by atoms with Crippen LogP contribution in [0.4, 0.5) is 0 Å². The molecule has 0 unspecified atom stereocenters. The molecule has 0 bridgehead atoms. The van der Waals surface area contributed by atoms with Crippen LogP contribution in [-0.2, 0) is 9.53 Å². The zero-order valence-electron chi connectivity index (χ0n) is 9.09. The topological polar surface area (TPSA) is 58.6 Å². The van der Waals surface area contributed by atoms with Gasteiger partial charge in [0.25, 0.3) is 0 Å². The largest absolute Gasteiger partial charge is 0.394 e. The minimum atomic E-state index is -0.547. The third-order valence-electron chi connectivity index (χ3n) is 2.76. The monoisotopic (exact) mass is 201 g/mol. The van der Waals surface area contributed by atoms with Crippen molar-refractivity contribution >= 4 is 5.91 Å². The van der Waals surface area contributed by atoms with Gasteiger partial charge in [-0.1, -0.05) is 6.92 Å². The van der Waals surface area contributed by atoms with Crippen molar-refractivity contribution < 1.29 is 14.6 Å². The normalized spacial score (nSPS) is 20.0. The second kappa shape index (κ2) is 3.87. The SMILES string of the molecule is CCC1(C(=O)NC(C)(C)CO)COC1. The number of hydrogen-bond donors (Lipinski definition) is 2. The summed E-state index contributed by atoms with van der Waals surface area (Å²) in [6.07, 6.45) is 0.778. The number of carbonyl (C=O) groups excluding carboxylic acids is 1. The molecule has 1 heterocycles. The van der Waals surface area contributed by atoms with Crippen molar-refractivity contribution in [2.45, 2.75) is 32.7 Å². The fourth-order valence-corrected chi connectivity index (χ4v) is 1.32. The molecule has 4 heteroatoms. The molecule has 14 heavy (non-hydrogen) atoms. The minimum Gasteiger partial charge on any atom is -0.394 e. The lowest BCUT2D eigenvalue weighted by molar-refractivity contribution is -0.164. The van der Waals surface area contributed by atoms with E-state index in [-0.39, 0.29) is 17.9 Å². The van der Waals surface area contributed by atoms with Crippen molar-refractivity contribution in [3.63, 3.8) is 0 Å². The zero-order chi connectivity index (χ0) is 10.8. The molecule has 1 rings (SSSR count). The first-order chi connectivity index (χ1) is 6.46. The van der Waals surface area contributed by atoms with Gasteiger partial charge in [-0.25, -0.2) is 0 Å². The van der Waals surface area contributed by atoms with Crippen LogP contribution in [0.15, 0.2) is 0 Å². The van der Waals surface area contributed by atoms with Crippen molar-refractivity contribution in [3.05, 3.63) is 0 Å². The van der Waals surface area contributed by atoms with Gasteiger partial charge in [0.2, 0.25) is 5.91 Å². The molecule has 82 valence electrons. The van der Waals surface area contributed by atoms with Crippen LogP contribution >= 0.6 is 0 Å². The Balaban J connectivity index is 2.57. The van der Waals surface area contributed by atoms with Gasteiger partial charge in [-0.05, 0) is 20.3 Å². The summed E-state index contributed by atoms with van der Waals surface area (Å²) in [7, 11) is 0. The maximum absolute atomic E-state index is 11.9. The number of rotatable bonds is 4. The summed E-state index contributed by atoms with van der Waals surface area (Å²) in [6, 6.07) is 0. The van der Waals surface area contributed by atoms with Crippen LogP contribution in [0, 0.1) is 5.41 Å². The first kappa shape index (κ1) is 11.5. The Labute approximate surface area is 84.6 Å². The van der Waals surface area contributed by atoms with Gasteiger partial charge in [-0.3, -0.25) is 4.79 Å². The molecule has 2 N–H and O–H groups in total. The van der Waals surface area contributed by atoms with Gasteiger partial charge < -0.3 is 15.2 Å². The molecule has 1 saturated heterocycles. The van der Waals surface area contributed by atoms with Gasteiger partial charge in [0.1, 0.15) is 0 Å². The Morgan fingerprint density at radius 3 is 2.43 bits per heavy atom. The van der Waals surface area contributed by atoms with Gasteiger partial charge in [0.15, 0.2) is 0 Å². The number of aliphatic hydroxyl groups excluding tert-OH is 1. The third kappa shape index (κ3) is 2.07. The standard InChI is InChI=1S/C10H19NO3/c1-4-10(6-14-7-10)8(13)11-9(2,3)5-12/h12H,4-7H2,1-3H3,(H,11,13). The van der Waals surface area contributed by atoms with E-state index < -0.39 is 5.54 Å². The molecular weight excluding hydrogens is 182 g/mol. The quantitative estimate of drug-likeness (QED) is 0.687. The predicted molar refractivity (Wildman–Crippen MR) is 52.9 cm³/mol. The average Bonchev–Trinajstić information content (AvgIpc) is 2.02. The van der Waals surface area contributed by atoms with Crippen LogP contribution in [0.1, 0.15) is 27.2 Å². The first-order valence-electron chi connectivity index (χ1n) is 4.97. The van der Waals surface area contributed by atoms with Crippen molar-refractivity contribution in [2.24, 2.45) is 5.41 Å². The van der Waals surface area contributed by atoms with Gasteiger partial charge in [-0.2, -0.15) is 0 Å². The maximum atomic E-state index is 11.9.